The van der Waals surface area contributed by atoms with Crippen LogP contribution in [0.15, 0.2) is 18.2 Å². The van der Waals surface area contributed by atoms with E-state index in [9.17, 15) is 14.3 Å². The average Bonchev–Trinajstić information content (AvgIpc) is 2.27. The maximum absolute atomic E-state index is 13.0. The minimum atomic E-state index is -0.852. The van der Waals surface area contributed by atoms with Crippen molar-refractivity contribution in [1.29, 1.82) is 0 Å². The predicted octanol–water partition coefficient (Wildman–Crippen LogP) is 1.39. The van der Waals surface area contributed by atoms with Crippen molar-refractivity contribution < 1.29 is 19.0 Å². The van der Waals surface area contributed by atoms with E-state index in [1.807, 2.05) is 0 Å². The van der Waals surface area contributed by atoms with E-state index < -0.39 is 11.9 Å². The van der Waals surface area contributed by atoms with Gasteiger partial charge in [-0.15, -0.1) is 0 Å². The number of aliphatic hydroxyl groups excluding tert-OH is 1. The van der Waals surface area contributed by atoms with Gasteiger partial charge < -0.3 is 15.2 Å². The lowest BCUT2D eigenvalue weighted by molar-refractivity contribution is -0.123. The van der Waals surface area contributed by atoms with Gasteiger partial charge in [-0.3, -0.25) is 4.79 Å². The standard InChI is InChI=1S/C12H16FNO3/c1-3-14-12(16)7-17-11-5-4-9(13)6-10(11)8(2)15/h4-6,8,15H,3,7H2,1-2H3,(H,14,16). The van der Waals surface area contributed by atoms with Crippen LogP contribution >= 0.6 is 0 Å². The molecule has 1 unspecified atom stereocenters. The first-order valence-corrected chi connectivity index (χ1v) is 5.41. The van der Waals surface area contributed by atoms with Gasteiger partial charge in [-0.25, -0.2) is 4.39 Å². The fourth-order valence-corrected chi connectivity index (χ4v) is 1.37. The van der Waals surface area contributed by atoms with Crippen LogP contribution in [0.2, 0.25) is 0 Å². The highest BCUT2D eigenvalue weighted by atomic mass is 19.1. The molecule has 0 aliphatic rings. The summed E-state index contributed by atoms with van der Waals surface area (Å²) in [6.45, 7) is 3.68. The molecule has 1 aromatic carbocycles. The number of ether oxygens (including phenoxy) is 1. The highest BCUT2D eigenvalue weighted by Gasteiger charge is 2.11. The van der Waals surface area contributed by atoms with Gasteiger partial charge in [0.1, 0.15) is 11.6 Å². The molecule has 5 heteroatoms. The lowest BCUT2D eigenvalue weighted by Gasteiger charge is -2.13. The second kappa shape index (κ2) is 6.20. The van der Waals surface area contributed by atoms with Gasteiger partial charge in [-0.05, 0) is 32.0 Å². The van der Waals surface area contributed by atoms with Crippen molar-refractivity contribution in [3.05, 3.63) is 29.6 Å². The molecule has 0 spiro atoms. The van der Waals surface area contributed by atoms with Crippen molar-refractivity contribution in [2.24, 2.45) is 0 Å². The van der Waals surface area contributed by atoms with E-state index >= 15 is 0 Å². The summed E-state index contributed by atoms with van der Waals surface area (Å²) < 4.78 is 18.2. The normalized spacial score (nSPS) is 12.0. The average molecular weight is 241 g/mol. The van der Waals surface area contributed by atoms with Crippen LogP contribution in [0.1, 0.15) is 25.5 Å². The van der Waals surface area contributed by atoms with Crippen molar-refractivity contribution in [3.8, 4) is 5.75 Å². The van der Waals surface area contributed by atoms with Gasteiger partial charge in [-0.1, -0.05) is 0 Å². The van der Waals surface area contributed by atoms with Crippen molar-refractivity contribution in [2.45, 2.75) is 20.0 Å². The number of likely N-dealkylation sites (N-methyl/N-ethyl adjacent to an activating group) is 1. The van der Waals surface area contributed by atoms with E-state index in [-0.39, 0.29) is 12.5 Å². The monoisotopic (exact) mass is 241 g/mol. The van der Waals surface area contributed by atoms with Crippen LogP contribution in [0.25, 0.3) is 0 Å². The Morgan fingerprint density at radius 1 is 1.59 bits per heavy atom. The van der Waals surface area contributed by atoms with Gasteiger partial charge in [0, 0.05) is 12.1 Å². The number of amides is 1. The topological polar surface area (TPSA) is 58.6 Å². The summed E-state index contributed by atoms with van der Waals surface area (Å²) in [5.74, 6) is -0.396. The lowest BCUT2D eigenvalue weighted by Crippen LogP contribution is -2.28. The Labute approximate surface area is 99.4 Å². The first-order valence-electron chi connectivity index (χ1n) is 5.41. The van der Waals surface area contributed by atoms with Gasteiger partial charge >= 0.3 is 0 Å². The summed E-state index contributed by atoms with van der Waals surface area (Å²) in [5, 5.41) is 12.0. The van der Waals surface area contributed by atoms with Gasteiger partial charge in [0.15, 0.2) is 6.61 Å². The van der Waals surface area contributed by atoms with E-state index in [0.29, 0.717) is 17.9 Å². The molecule has 0 bridgehead atoms. The molecule has 1 aromatic rings. The number of halogens is 1. The minimum absolute atomic E-state index is 0.154. The summed E-state index contributed by atoms with van der Waals surface area (Å²) in [7, 11) is 0. The first-order chi connectivity index (χ1) is 8.04. The molecule has 4 nitrogen and oxygen atoms in total. The van der Waals surface area contributed by atoms with Crippen LogP contribution in [0.4, 0.5) is 4.39 Å². The smallest absolute Gasteiger partial charge is 0.257 e. The molecule has 1 amide bonds. The fraction of sp³-hybridized carbons (Fsp3) is 0.417. The van der Waals surface area contributed by atoms with Gasteiger partial charge in [0.25, 0.3) is 5.91 Å². The van der Waals surface area contributed by atoms with Crippen molar-refractivity contribution >= 4 is 5.91 Å². The second-order valence-corrected chi connectivity index (χ2v) is 3.60. The Morgan fingerprint density at radius 3 is 2.88 bits per heavy atom. The van der Waals surface area contributed by atoms with Crippen LogP contribution in [-0.2, 0) is 4.79 Å². The first kappa shape index (κ1) is 13.4. The van der Waals surface area contributed by atoms with Crippen LogP contribution < -0.4 is 10.1 Å². The summed E-state index contributed by atoms with van der Waals surface area (Å²) in [5.41, 5.74) is 0.328. The Hall–Kier alpha value is -1.62. The molecule has 94 valence electrons. The minimum Gasteiger partial charge on any atom is -0.483 e. The van der Waals surface area contributed by atoms with E-state index in [4.69, 9.17) is 4.74 Å². The van der Waals surface area contributed by atoms with Crippen molar-refractivity contribution in [1.82, 2.24) is 5.32 Å². The zero-order valence-corrected chi connectivity index (χ0v) is 9.87. The van der Waals surface area contributed by atoms with E-state index in [0.717, 1.165) is 0 Å². The molecule has 1 rings (SSSR count). The zero-order chi connectivity index (χ0) is 12.8. The molecule has 0 saturated heterocycles. The van der Waals surface area contributed by atoms with Crippen LogP contribution in [-0.4, -0.2) is 24.2 Å². The molecular weight excluding hydrogens is 225 g/mol. The van der Waals surface area contributed by atoms with Crippen LogP contribution in [0.3, 0.4) is 0 Å². The highest BCUT2D eigenvalue weighted by Crippen LogP contribution is 2.25. The third-order valence-corrected chi connectivity index (χ3v) is 2.15. The third kappa shape index (κ3) is 4.03. The quantitative estimate of drug-likeness (QED) is 0.819. The number of benzene rings is 1. The molecular formula is C12H16FNO3. The molecule has 0 aliphatic heterocycles. The number of nitrogens with one attached hydrogen (secondary N) is 1. The summed E-state index contributed by atoms with van der Waals surface area (Å²) in [6.07, 6.45) is -0.852. The largest absolute Gasteiger partial charge is 0.483 e. The number of hydrogen-bond acceptors (Lipinski definition) is 3. The molecule has 1 atom stereocenters. The molecule has 0 fully saturated rings. The highest BCUT2D eigenvalue weighted by molar-refractivity contribution is 5.77. The SMILES string of the molecule is CCNC(=O)COc1ccc(F)cc1C(C)O. The third-order valence-electron chi connectivity index (χ3n) is 2.15. The fourth-order valence-electron chi connectivity index (χ4n) is 1.37. The predicted molar refractivity (Wildman–Crippen MR) is 61.2 cm³/mol. The molecule has 0 radical (unpaired) electrons. The molecule has 0 aromatic heterocycles. The Balaban J connectivity index is 2.73. The number of aliphatic hydroxyl groups is 1. The summed E-state index contributed by atoms with van der Waals surface area (Å²) in [4.78, 5) is 11.2. The lowest BCUT2D eigenvalue weighted by atomic mass is 10.1. The molecule has 0 heterocycles. The van der Waals surface area contributed by atoms with Crippen molar-refractivity contribution in [3.63, 3.8) is 0 Å². The molecule has 0 aliphatic carbocycles. The molecule has 2 N–H and O–H groups in total. The number of hydrogen-bond donors (Lipinski definition) is 2. The Morgan fingerprint density at radius 2 is 2.29 bits per heavy atom. The van der Waals surface area contributed by atoms with Crippen LogP contribution in [0, 0.1) is 5.82 Å². The molecule has 17 heavy (non-hydrogen) atoms. The van der Waals surface area contributed by atoms with Crippen LogP contribution in [0.5, 0.6) is 5.75 Å². The maximum atomic E-state index is 13.0. The zero-order valence-electron chi connectivity index (χ0n) is 9.87. The molecule has 0 saturated carbocycles. The van der Waals surface area contributed by atoms with E-state index in [1.165, 1.54) is 25.1 Å². The van der Waals surface area contributed by atoms with Crippen molar-refractivity contribution in [2.75, 3.05) is 13.2 Å². The number of carbonyl (C=O) groups is 1. The summed E-state index contributed by atoms with van der Waals surface area (Å²) in [6, 6.07) is 3.81. The number of rotatable bonds is 5. The summed E-state index contributed by atoms with van der Waals surface area (Å²) >= 11 is 0. The van der Waals surface area contributed by atoms with Gasteiger partial charge in [0.05, 0.1) is 6.10 Å². The Kier molecular flexibility index (Phi) is 4.90. The second-order valence-electron chi connectivity index (χ2n) is 3.60. The van der Waals surface area contributed by atoms with E-state index in [1.54, 1.807) is 6.92 Å². The number of carbonyl (C=O) groups excluding carboxylic acids is 1. The van der Waals surface area contributed by atoms with E-state index in [2.05, 4.69) is 5.32 Å². The Bertz CT molecular complexity index is 393. The van der Waals surface area contributed by atoms with Gasteiger partial charge in [-0.2, -0.15) is 0 Å². The maximum Gasteiger partial charge on any atom is 0.257 e. The van der Waals surface area contributed by atoms with Gasteiger partial charge in [0.2, 0.25) is 0 Å².